The number of halogens is 1. The van der Waals surface area contributed by atoms with Crippen LogP contribution in [0.15, 0.2) is 4.99 Å². The fourth-order valence-corrected chi connectivity index (χ4v) is 3.08. The molecule has 0 saturated carbocycles. The number of thiazole rings is 1. The number of unbranched alkanes of at least 4 members (excludes halogenated alkanes) is 1. The minimum Gasteiger partial charge on any atom is -0.356 e. The maximum atomic E-state index is 4.53. The first-order valence-electron chi connectivity index (χ1n) is 8.20. The van der Waals surface area contributed by atoms with Crippen molar-refractivity contribution in [1.82, 2.24) is 20.5 Å². The molecule has 7 heteroatoms. The first kappa shape index (κ1) is 22.6. The van der Waals surface area contributed by atoms with Crippen molar-refractivity contribution < 1.29 is 0 Å². The quantitative estimate of drug-likeness (QED) is 0.261. The molecule has 0 aromatic carbocycles. The third kappa shape index (κ3) is 8.85. The molecule has 0 saturated heterocycles. The monoisotopic (exact) mass is 453 g/mol. The van der Waals surface area contributed by atoms with Gasteiger partial charge in [-0.05, 0) is 46.3 Å². The SMILES string of the molecule is CCN(CC)CCCCNC(=NC)NCc1nc(C)c(C)s1.I. The van der Waals surface area contributed by atoms with Crippen molar-refractivity contribution in [1.29, 1.82) is 0 Å². The van der Waals surface area contributed by atoms with Gasteiger partial charge in [0, 0.05) is 18.5 Å². The van der Waals surface area contributed by atoms with Crippen LogP contribution in [0.5, 0.6) is 0 Å². The summed E-state index contributed by atoms with van der Waals surface area (Å²) in [5.74, 6) is 0.855. The van der Waals surface area contributed by atoms with E-state index < -0.39 is 0 Å². The standard InChI is InChI=1S/C16H31N5S.HI/c1-6-21(7-2)11-9-8-10-18-16(17-5)19-12-15-20-13(3)14(4)22-15;/h6-12H2,1-5H3,(H2,17,18,19);1H. The molecule has 0 radical (unpaired) electrons. The molecule has 134 valence electrons. The second-order valence-electron chi connectivity index (χ2n) is 5.34. The van der Waals surface area contributed by atoms with E-state index in [1.54, 1.807) is 11.3 Å². The number of hydrogen-bond donors (Lipinski definition) is 2. The predicted octanol–water partition coefficient (Wildman–Crippen LogP) is 3.16. The lowest BCUT2D eigenvalue weighted by Crippen LogP contribution is -2.37. The zero-order chi connectivity index (χ0) is 16.4. The first-order chi connectivity index (χ1) is 10.6. The van der Waals surface area contributed by atoms with Crippen molar-refractivity contribution in [2.45, 2.75) is 47.1 Å². The Labute approximate surface area is 162 Å². The molecule has 1 aromatic heterocycles. The normalized spacial score (nSPS) is 11.5. The molecule has 0 bridgehead atoms. The summed E-state index contributed by atoms with van der Waals surface area (Å²) < 4.78 is 0. The molecule has 5 nitrogen and oxygen atoms in total. The van der Waals surface area contributed by atoms with Crippen LogP contribution in [0.2, 0.25) is 0 Å². The number of guanidine groups is 1. The van der Waals surface area contributed by atoms with Gasteiger partial charge < -0.3 is 15.5 Å². The second-order valence-corrected chi connectivity index (χ2v) is 6.62. The Morgan fingerprint density at radius 3 is 2.39 bits per heavy atom. The lowest BCUT2D eigenvalue weighted by Gasteiger charge is -2.17. The fraction of sp³-hybridized carbons (Fsp3) is 0.750. The number of nitrogens with one attached hydrogen (secondary N) is 2. The molecule has 1 rings (SSSR count). The molecule has 2 N–H and O–H groups in total. The van der Waals surface area contributed by atoms with Crippen LogP contribution in [0.25, 0.3) is 0 Å². The lowest BCUT2D eigenvalue weighted by molar-refractivity contribution is 0.297. The van der Waals surface area contributed by atoms with Gasteiger partial charge in [0.2, 0.25) is 0 Å². The van der Waals surface area contributed by atoms with Gasteiger partial charge in [-0.2, -0.15) is 0 Å². The van der Waals surface area contributed by atoms with Gasteiger partial charge in [-0.25, -0.2) is 4.98 Å². The van der Waals surface area contributed by atoms with Gasteiger partial charge >= 0.3 is 0 Å². The fourth-order valence-electron chi connectivity index (χ4n) is 2.20. The van der Waals surface area contributed by atoms with Crippen molar-refractivity contribution in [2.24, 2.45) is 4.99 Å². The highest BCUT2D eigenvalue weighted by Crippen LogP contribution is 2.15. The summed E-state index contributed by atoms with van der Waals surface area (Å²) in [6, 6.07) is 0. The summed E-state index contributed by atoms with van der Waals surface area (Å²) >= 11 is 1.75. The van der Waals surface area contributed by atoms with Crippen LogP contribution in [0.4, 0.5) is 0 Å². The van der Waals surface area contributed by atoms with E-state index in [1.165, 1.54) is 17.8 Å². The number of aryl methyl sites for hydroxylation is 2. The van der Waals surface area contributed by atoms with Gasteiger partial charge in [0.25, 0.3) is 0 Å². The van der Waals surface area contributed by atoms with E-state index in [4.69, 9.17) is 0 Å². The summed E-state index contributed by atoms with van der Waals surface area (Å²) in [4.78, 5) is 12.5. The Kier molecular flexibility index (Phi) is 12.7. The van der Waals surface area contributed by atoms with E-state index in [1.807, 2.05) is 7.05 Å². The van der Waals surface area contributed by atoms with Gasteiger partial charge in [-0.15, -0.1) is 35.3 Å². The van der Waals surface area contributed by atoms with Crippen LogP contribution >= 0.6 is 35.3 Å². The van der Waals surface area contributed by atoms with E-state index in [9.17, 15) is 0 Å². The molecule has 1 aromatic rings. The molecule has 0 fully saturated rings. The Morgan fingerprint density at radius 1 is 1.17 bits per heavy atom. The maximum Gasteiger partial charge on any atom is 0.191 e. The number of aliphatic imine (C=N–C) groups is 1. The van der Waals surface area contributed by atoms with Crippen molar-refractivity contribution in [2.75, 3.05) is 33.2 Å². The van der Waals surface area contributed by atoms with Gasteiger partial charge in [-0.1, -0.05) is 13.8 Å². The average Bonchev–Trinajstić information content (AvgIpc) is 2.84. The van der Waals surface area contributed by atoms with Crippen LogP contribution < -0.4 is 10.6 Å². The number of rotatable bonds is 9. The summed E-state index contributed by atoms with van der Waals surface area (Å²) in [6.45, 7) is 13.7. The van der Waals surface area contributed by atoms with E-state index in [-0.39, 0.29) is 24.0 Å². The van der Waals surface area contributed by atoms with Crippen LogP contribution in [0.3, 0.4) is 0 Å². The molecule has 1 heterocycles. The highest BCUT2D eigenvalue weighted by Gasteiger charge is 2.04. The molecule has 0 aliphatic rings. The largest absolute Gasteiger partial charge is 0.356 e. The minimum atomic E-state index is 0. The number of aromatic nitrogens is 1. The van der Waals surface area contributed by atoms with Gasteiger partial charge in [0.15, 0.2) is 5.96 Å². The number of nitrogens with zero attached hydrogens (tertiary/aromatic N) is 3. The van der Waals surface area contributed by atoms with Gasteiger partial charge in [0.1, 0.15) is 5.01 Å². The zero-order valence-corrected chi connectivity index (χ0v) is 18.3. The highest BCUT2D eigenvalue weighted by atomic mass is 127. The third-order valence-electron chi connectivity index (χ3n) is 3.79. The molecule has 0 amide bonds. The molecule has 23 heavy (non-hydrogen) atoms. The molecule has 0 aliphatic heterocycles. The smallest absolute Gasteiger partial charge is 0.191 e. The molecule has 0 aliphatic carbocycles. The Hall–Kier alpha value is -0.410. The van der Waals surface area contributed by atoms with Crippen LogP contribution in [-0.2, 0) is 6.54 Å². The Bertz CT molecular complexity index is 438. The summed E-state index contributed by atoms with van der Waals surface area (Å²) in [5, 5.41) is 7.80. The van der Waals surface area contributed by atoms with Crippen molar-refractivity contribution in [3.05, 3.63) is 15.6 Å². The molecular formula is C16H32IN5S. The second kappa shape index (κ2) is 12.9. The van der Waals surface area contributed by atoms with Gasteiger partial charge in [-0.3, -0.25) is 4.99 Å². The number of hydrogen-bond acceptors (Lipinski definition) is 4. The zero-order valence-electron chi connectivity index (χ0n) is 15.1. The topological polar surface area (TPSA) is 52.5 Å². The van der Waals surface area contributed by atoms with E-state index in [2.05, 4.69) is 53.2 Å². The van der Waals surface area contributed by atoms with Crippen molar-refractivity contribution in [3.63, 3.8) is 0 Å². The molecule has 0 atom stereocenters. The van der Waals surface area contributed by atoms with Crippen LogP contribution in [0, 0.1) is 13.8 Å². The molecule has 0 unspecified atom stereocenters. The lowest BCUT2D eigenvalue weighted by atomic mass is 10.3. The summed E-state index contributed by atoms with van der Waals surface area (Å²) in [6.07, 6.45) is 2.38. The molecule has 0 spiro atoms. The minimum absolute atomic E-state index is 0. The molecular weight excluding hydrogens is 421 g/mol. The maximum absolute atomic E-state index is 4.53. The van der Waals surface area contributed by atoms with Gasteiger partial charge in [0.05, 0.1) is 12.2 Å². The van der Waals surface area contributed by atoms with Crippen LogP contribution in [-0.4, -0.2) is 49.1 Å². The van der Waals surface area contributed by atoms with E-state index in [0.29, 0.717) is 0 Å². The Morgan fingerprint density at radius 2 is 1.87 bits per heavy atom. The average molecular weight is 453 g/mol. The third-order valence-corrected chi connectivity index (χ3v) is 4.86. The van der Waals surface area contributed by atoms with Crippen molar-refractivity contribution in [3.8, 4) is 0 Å². The van der Waals surface area contributed by atoms with E-state index in [0.717, 1.165) is 49.3 Å². The predicted molar refractivity (Wildman–Crippen MR) is 112 cm³/mol. The Balaban J connectivity index is 0.00000484. The van der Waals surface area contributed by atoms with E-state index >= 15 is 0 Å². The highest BCUT2D eigenvalue weighted by molar-refractivity contribution is 14.0. The van der Waals surface area contributed by atoms with Crippen LogP contribution in [0.1, 0.15) is 42.3 Å². The van der Waals surface area contributed by atoms with Crippen molar-refractivity contribution >= 4 is 41.3 Å². The summed E-state index contributed by atoms with van der Waals surface area (Å²) in [5.41, 5.74) is 1.13. The summed E-state index contributed by atoms with van der Waals surface area (Å²) in [7, 11) is 1.81. The first-order valence-corrected chi connectivity index (χ1v) is 9.02.